The molecule has 0 spiro atoms. The topological polar surface area (TPSA) is 38.3 Å². The molecule has 1 aromatic carbocycles. The van der Waals surface area contributed by atoms with Crippen LogP contribution in [-0.4, -0.2) is 18.1 Å². The monoisotopic (exact) mass is 355 g/mol. The second-order valence-corrected chi connectivity index (χ2v) is 8.22. The van der Waals surface area contributed by atoms with Gasteiger partial charge in [0.2, 0.25) is 0 Å². The van der Waals surface area contributed by atoms with E-state index in [9.17, 15) is 4.79 Å². The molecule has 1 amide bonds. The van der Waals surface area contributed by atoms with Gasteiger partial charge < -0.3 is 10.1 Å². The van der Waals surface area contributed by atoms with Gasteiger partial charge in [-0.3, -0.25) is 4.79 Å². The Morgan fingerprint density at radius 2 is 1.86 bits per heavy atom. The molecule has 0 bridgehead atoms. The highest BCUT2D eigenvalue weighted by molar-refractivity contribution is 9.10. The minimum Gasteiger partial charge on any atom is -0.484 e. The molecule has 0 aromatic heterocycles. The normalized spacial score (nSPS) is 12.1. The third-order valence-corrected chi connectivity index (χ3v) is 3.84. The van der Waals surface area contributed by atoms with Gasteiger partial charge in [0.15, 0.2) is 6.61 Å². The highest BCUT2D eigenvalue weighted by Gasteiger charge is 2.26. The molecule has 0 unspecified atom stereocenters. The molecular weight excluding hydrogens is 330 g/mol. The fraction of sp³-hybridized carbons (Fsp3) is 0.588. The molecule has 0 atom stereocenters. The Morgan fingerprint density at radius 1 is 1.24 bits per heavy atom. The summed E-state index contributed by atoms with van der Waals surface area (Å²) in [6, 6.07) is 5.69. The maximum absolute atomic E-state index is 12.0. The fourth-order valence-electron chi connectivity index (χ4n) is 2.64. The molecule has 21 heavy (non-hydrogen) atoms. The van der Waals surface area contributed by atoms with E-state index in [1.54, 1.807) is 0 Å². The lowest BCUT2D eigenvalue weighted by atomic mass is 9.82. The second kappa shape index (κ2) is 6.82. The van der Waals surface area contributed by atoms with Gasteiger partial charge in [0.05, 0.1) is 0 Å². The van der Waals surface area contributed by atoms with Gasteiger partial charge in [0.1, 0.15) is 5.75 Å². The molecule has 3 nitrogen and oxygen atoms in total. The maximum atomic E-state index is 12.0. The van der Waals surface area contributed by atoms with E-state index in [0.717, 1.165) is 16.5 Å². The largest absolute Gasteiger partial charge is 0.484 e. The number of aryl methyl sites for hydroxylation is 1. The third-order valence-electron chi connectivity index (χ3n) is 2.95. The SMILES string of the molecule is Cc1cc(OCC(=O)NC(C)(C)CC(C)(C)C)ccc1Br. The van der Waals surface area contributed by atoms with Crippen LogP contribution in [0.4, 0.5) is 0 Å². The summed E-state index contributed by atoms with van der Waals surface area (Å²) in [5.74, 6) is 0.615. The Labute approximate surface area is 136 Å². The summed E-state index contributed by atoms with van der Waals surface area (Å²) in [5.41, 5.74) is 1.01. The molecule has 1 rings (SSSR count). The predicted molar refractivity (Wildman–Crippen MR) is 90.7 cm³/mol. The van der Waals surface area contributed by atoms with Crippen molar-refractivity contribution in [2.45, 2.75) is 53.5 Å². The van der Waals surface area contributed by atoms with Crippen LogP contribution in [0.1, 0.15) is 46.6 Å². The van der Waals surface area contributed by atoms with Gasteiger partial charge in [-0.05, 0) is 56.4 Å². The molecular formula is C17H26BrNO2. The standard InChI is InChI=1S/C17H26BrNO2/c1-12-9-13(7-8-14(12)18)21-10-15(20)19-17(5,6)11-16(2,3)4/h7-9H,10-11H2,1-6H3,(H,19,20). The van der Waals surface area contributed by atoms with Gasteiger partial charge in [-0.25, -0.2) is 0 Å². The van der Waals surface area contributed by atoms with Crippen molar-refractivity contribution in [2.75, 3.05) is 6.61 Å². The van der Waals surface area contributed by atoms with Crippen molar-refractivity contribution in [3.8, 4) is 5.75 Å². The van der Waals surface area contributed by atoms with Crippen LogP contribution in [0.15, 0.2) is 22.7 Å². The molecule has 0 heterocycles. The number of carbonyl (C=O) groups excluding carboxylic acids is 1. The van der Waals surface area contributed by atoms with Crippen LogP contribution in [0.2, 0.25) is 0 Å². The number of carbonyl (C=O) groups is 1. The van der Waals surface area contributed by atoms with Crippen LogP contribution in [0.25, 0.3) is 0 Å². The molecule has 4 heteroatoms. The highest BCUT2D eigenvalue weighted by Crippen LogP contribution is 2.26. The summed E-state index contributed by atoms with van der Waals surface area (Å²) in [5, 5.41) is 3.04. The minimum atomic E-state index is -0.242. The van der Waals surface area contributed by atoms with Gasteiger partial charge in [-0.15, -0.1) is 0 Å². The van der Waals surface area contributed by atoms with E-state index in [2.05, 4.69) is 42.0 Å². The molecule has 0 fully saturated rings. The molecule has 0 saturated carbocycles. The smallest absolute Gasteiger partial charge is 0.258 e. The molecule has 1 N–H and O–H groups in total. The van der Waals surface area contributed by atoms with Crippen LogP contribution in [0, 0.1) is 12.3 Å². The average molecular weight is 356 g/mol. The highest BCUT2D eigenvalue weighted by atomic mass is 79.9. The summed E-state index contributed by atoms with van der Waals surface area (Å²) in [4.78, 5) is 12.0. The van der Waals surface area contributed by atoms with Gasteiger partial charge in [0, 0.05) is 10.0 Å². The quantitative estimate of drug-likeness (QED) is 0.846. The van der Waals surface area contributed by atoms with E-state index in [1.165, 1.54) is 0 Å². The number of halogens is 1. The molecule has 1 aromatic rings. The van der Waals surface area contributed by atoms with Crippen molar-refractivity contribution in [1.82, 2.24) is 5.32 Å². The zero-order valence-electron chi connectivity index (χ0n) is 13.8. The number of ether oxygens (including phenoxy) is 1. The lowest BCUT2D eigenvalue weighted by molar-refractivity contribution is -0.125. The van der Waals surface area contributed by atoms with Crippen LogP contribution in [-0.2, 0) is 4.79 Å². The first kappa shape index (κ1) is 18.0. The minimum absolute atomic E-state index is 0.0364. The van der Waals surface area contributed by atoms with Crippen LogP contribution < -0.4 is 10.1 Å². The summed E-state index contributed by atoms with van der Waals surface area (Å²) >= 11 is 3.44. The second-order valence-electron chi connectivity index (χ2n) is 7.37. The van der Waals surface area contributed by atoms with Gasteiger partial charge in [-0.2, -0.15) is 0 Å². The number of nitrogens with one attached hydrogen (secondary N) is 1. The van der Waals surface area contributed by atoms with Crippen molar-refractivity contribution in [3.05, 3.63) is 28.2 Å². The Balaban J connectivity index is 2.52. The van der Waals surface area contributed by atoms with E-state index in [-0.39, 0.29) is 23.5 Å². The summed E-state index contributed by atoms with van der Waals surface area (Å²) in [6.45, 7) is 12.6. The molecule has 0 aliphatic heterocycles. The van der Waals surface area contributed by atoms with E-state index in [0.29, 0.717) is 5.75 Å². The van der Waals surface area contributed by atoms with Crippen molar-refractivity contribution < 1.29 is 9.53 Å². The van der Waals surface area contributed by atoms with Gasteiger partial charge >= 0.3 is 0 Å². The molecule has 0 saturated heterocycles. The third kappa shape index (κ3) is 6.98. The van der Waals surface area contributed by atoms with E-state index >= 15 is 0 Å². The first-order chi connectivity index (χ1) is 9.48. The first-order valence-corrected chi connectivity index (χ1v) is 7.98. The van der Waals surface area contributed by atoms with Crippen LogP contribution in [0.5, 0.6) is 5.75 Å². The summed E-state index contributed by atoms with van der Waals surface area (Å²) < 4.78 is 6.58. The fourth-order valence-corrected chi connectivity index (χ4v) is 2.89. The van der Waals surface area contributed by atoms with Gasteiger partial charge in [-0.1, -0.05) is 36.7 Å². The van der Waals surface area contributed by atoms with Crippen molar-refractivity contribution >= 4 is 21.8 Å². The van der Waals surface area contributed by atoms with Crippen LogP contribution in [0.3, 0.4) is 0 Å². The van der Waals surface area contributed by atoms with E-state index < -0.39 is 0 Å². The number of benzene rings is 1. The zero-order chi connectivity index (χ0) is 16.3. The Kier molecular flexibility index (Phi) is 5.85. The van der Waals surface area contributed by atoms with Crippen molar-refractivity contribution in [2.24, 2.45) is 5.41 Å². The number of rotatable bonds is 5. The molecule has 0 radical (unpaired) electrons. The Morgan fingerprint density at radius 3 is 2.38 bits per heavy atom. The maximum Gasteiger partial charge on any atom is 0.258 e. The van der Waals surface area contributed by atoms with Crippen LogP contribution >= 0.6 is 15.9 Å². The summed E-state index contributed by atoms with van der Waals surface area (Å²) in [7, 11) is 0. The molecule has 0 aliphatic carbocycles. The predicted octanol–water partition coefficient (Wildman–Crippen LogP) is 4.47. The average Bonchev–Trinajstić information content (AvgIpc) is 2.26. The lowest BCUT2D eigenvalue weighted by Crippen LogP contribution is -2.47. The van der Waals surface area contributed by atoms with E-state index in [1.807, 2.05) is 39.0 Å². The Bertz CT molecular complexity index is 504. The summed E-state index contributed by atoms with van der Waals surface area (Å²) in [6.07, 6.45) is 0.906. The first-order valence-electron chi connectivity index (χ1n) is 7.18. The van der Waals surface area contributed by atoms with Gasteiger partial charge in [0.25, 0.3) is 5.91 Å². The lowest BCUT2D eigenvalue weighted by Gasteiger charge is -2.33. The van der Waals surface area contributed by atoms with E-state index in [4.69, 9.17) is 4.74 Å². The molecule has 0 aliphatic rings. The van der Waals surface area contributed by atoms with Crippen molar-refractivity contribution in [3.63, 3.8) is 0 Å². The molecule has 118 valence electrons. The Hall–Kier alpha value is -1.03. The number of amides is 1. The number of hydrogen-bond acceptors (Lipinski definition) is 2. The van der Waals surface area contributed by atoms with Crippen molar-refractivity contribution in [1.29, 1.82) is 0 Å². The number of hydrogen-bond donors (Lipinski definition) is 1. The zero-order valence-corrected chi connectivity index (χ0v) is 15.4.